The molecule has 31 heavy (non-hydrogen) atoms. The molecule has 0 atom stereocenters. The van der Waals surface area contributed by atoms with Gasteiger partial charge in [-0.2, -0.15) is 9.97 Å². The van der Waals surface area contributed by atoms with Gasteiger partial charge in [-0.1, -0.05) is 12.1 Å². The number of esters is 1. The number of benzene rings is 1. The van der Waals surface area contributed by atoms with Gasteiger partial charge in [0.05, 0.1) is 19.8 Å². The molecular weight excluding hydrogens is 462 g/mol. The van der Waals surface area contributed by atoms with Crippen molar-refractivity contribution in [2.24, 2.45) is 0 Å². The molecule has 164 valence electrons. The number of nitrogens with zero attached hydrogens (tertiary/aromatic N) is 3. The number of amides is 2. The third-order valence-electron chi connectivity index (χ3n) is 3.02. The summed E-state index contributed by atoms with van der Waals surface area (Å²) < 4.78 is 75.9. The average Bonchev–Trinajstić information content (AvgIpc) is 2.65. The molecule has 0 aliphatic rings. The van der Waals surface area contributed by atoms with E-state index in [1.165, 1.54) is 12.1 Å². The maximum absolute atomic E-state index is 12.4. The van der Waals surface area contributed by atoms with E-state index in [0.29, 0.717) is 0 Å². The van der Waals surface area contributed by atoms with Crippen LogP contribution in [-0.4, -0.2) is 85.5 Å². The number of hydrogen-bond donors (Lipinski definition) is 2. The number of rotatable bonds is 6. The number of nitrogens with one attached hydrogen (secondary N) is 2. The summed E-state index contributed by atoms with van der Waals surface area (Å²) in [5.41, 5.74) is -0.358. The van der Waals surface area contributed by atoms with Crippen LogP contribution in [0.4, 0.5) is 23.9 Å². The van der Waals surface area contributed by atoms with E-state index in [4.69, 9.17) is 0 Å². The third kappa shape index (κ3) is 7.50. The standard InChI is InChI=1S/C14H12F3N5O7S.Na.H/c1-27-9(23)7-5-3-4-6-8(7)30(25,26)22-11(24)18-10-19-12(28-2)21-13(20-10)29-14(15,16)17;;/h3-6H,1-2H3,(H2,18,19,20,21,22,24);;. The van der Waals surface area contributed by atoms with E-state index in [1.54, 1.807) is 10.0 Å². The number of methoxy groups -OCH3 is 2. The number of sulfonamides is 1. The van der Waals surface area contributed by atoms with E-state index in [1.807, 2.05) is 0 Å². The number of ether oxygens (including phenoxy) is 3. The first-order valence-electron chi connectivity index (χ1n) is 7.52. The van der Waals surface area contributed by atoms with Crippen molar-refractivity contribution < 1.29 is 45.4 Å². The molecule has 1 aromatic carbocycles. The first kappa shape index (κ1) is 26.3. The summed E-state index contributed by atoms with van der Waals surface area (Å²) in [6.07, 6.45) is -5.15. The second-order valence-corrected chi connectivity index (χ2v) is 6.67. The molecule has 2 rings (SSSR count). The molecule has 2 aromatic rings. The summed E-state index contributed by atoms with van der Waals surface area (Å²) in [6, 6.07) is 1.46. The molecule has 0 radical (unpaired) electrons. The van der Waals surface area contributed by atoms with Crippen molar-refractivity contribution in [2.45, 2.75) is 11.3 Å². The van der Waals surface area contributed by atoms with E-state index in [0.717, 1.165) is 26.4 Å². The molecule has 1 heterocycles. The van der Waals surface area contributed by atoms with Gasteiger partial charge in [0.1, 0.15) is 4.90 Å². The molecule has 1 aromatic heterocycles. The van der Waals surface area contributed by atoms with Crippen LogP contribution in [0.5, 0.6) is 12.0 Å². The van der Waals surface area contributed by atoms with Gasteiger partial charge in [-0.05, 0) is 12.1 Å². The van der Waals surface area contributed by atoms with E-state index in [2.05, 4.69) is 29.2 Å². The zero-order chi connectivity index (χ0) is 22.5. The van der Waals surface area contributed by atoms with Gasteiger partial charge in [-0.3, -0.25) is 5.32 Å². The number of anilines is 1. The van der Waals surface area contributed by atoms with Crippen LogP contribution in [0.2, 0.25) is 0 Å². The zero-order valence-corrected chi connectivity index (χ0v) is 15.9. The number of halogens is 3. The summed E-state index contributed by atoms with van der Waals surface area (Å²) >= 11 is 0. The Hall–Kier alpha value is -2.69. The first-order chi connectivity index (χ1) is 13.9. The number of hydrogen-bond acceptors (Lipinski definition) is 10. The minimum atomic E-state index is -5.15. The molecule has 0 aliphatic carbocycles. The average molecular weight is 475 g/mol. The number of urea groups is 1. The van der Waals surface area contributed by atoms with Gasteiger partial charge in [-0.25, -0.2) is 22.7 Å². The van der Waals surface area contributed by atoms with Crippen LogP contribution in [0, 0.1) is 0 Å². The van der Waals surface area contributed by atoms with Crippen LogP contribution in [0.25, 0.3) is 0 Å². The van der Waals surface area contributed by atoms with Gasteiger partial charge in [-0.15, -0.1) is 18.2 Å². The van der Waals surface area contributed by atoms with E-state index in [9.17, 15) is 31.2 Å². The predicted molar refractivity (Wildman–Crippen MR) is 97.3 cm³/mol. The monoisotopic (exact) mass is 475 g/mol. The number of carbonyl (C=O) groups is 2. The summed E-state index contributed by atoms with van der Waals surface area (Å²) in [7, 11) is -2.55. The topological polar surface area (TPSA) is 159 Å². The Bertz CT molecular complexity index is 1070. The second kappa shape index (κ2) is 10.6. The van der Waals surface area contributed by atoms with Crippen molar-refractivity contribution in [2.75, 3.05) is 19.5 Å². The van der Waals surface area contributed by atoms with Crippen molar-refractivity contribution in [3.05, 3.63) is 29.8 Å². The Balaban J connectivity index is 0.00000480. The quantitative estimate of drug-likeness (QED) is 0.443. The van der Waals surface area contributed by atoms with Gasteiger partial charge in [0.2, 0.25) is 5.95 Å². The van der Waals surface area contributed by atoms with Crippen LogP contribution < -0.4 is 19.5 Å². The Labute approximate surface area is 194 Å². The van der Waals surface area contributed by atoms with Gasteiger partial charge >= 0.3 is 59.9 Å². The normalized spacial score (nSPS) is 11.0. The molecule has 0 aliphatic heterocycles. The number of aromatic nitrogens is 3. The van der Waals surface area contributed by atoms with E-state index in [-0.39, 0.29) is 35.1 Å². The fourth-order valence-electron chi connectivity index (χ4n) is 1.92. The molecule has 2 amide bonds. The van der Waals surface area contributed by atoms with Crippen molar-refractivity contribution in [1.29, 1.82) is 0 Å². The molecule has 17 heteroatoms. The van der Waals surface area contributed by atoms with Crippen LogP contribution >= 0.6 is 0 Å². The van der Waals surface area contributed by atoms with Crippen LogP contribution in [0.1, 0.15) is 10.4 Å². The Morgan fingerprint density at radius 3 is 2.23 bits per heavy atom. The summed E-state index contributed by atoms with van der Waals surface area (Å²) in [5, 5.41) is 1.80. The van der Waals surface area contributed by atoms with Crippen molar-refractivity contribution >= 4 is 57.5 Å². The second-order valence-electron chi connectivity index (χ2n) is 5.02. The predicted octanol–water partition coefficient (Wildman–Crippen LogP) is 0.427. The van der Waals surface area contributed by atoms with E-state index < -0.39 is 51.3 Å². The summed E-state index contributed by atoms with van der Waals surface area (Å²) in [5.74, 6) is -1.79. The molecular formula is C14H13F3N5NaO7S. The third-order valence-corrected chi connectivity index (χ3v) is 4.41. The Kier molecular flexibility index (Phi) is 8.97. The molecule has 0 saturated carbocycles. The van der Waals surface area contributed by atoms with Gasteiger partial charge < -0.3 is 14.2 Å². The van der Waals surface area contributed by atoms with Gasteiger partial charge in [0, 0.05) is 0 Å². The maximum atomic E-state index is 12.4. The first-order valence-corrected chi connectivity index (χ1v) is 9.00. The molecule has 0 unspecified atom stereocenters. The van der Waals surface area contributed by atoms with E-state index >= 15 is 0 Å². The molecule has 0 saturated heterocycles. The fourth-order valence-corrected chi connectivity index (χ4v) is 3.02. The molecule has 2 N–H and O–H groups in total. The van der Waals surface area contributed by atoms with Crippen LogP contribution in [0.15, 0.2) is 29.2 Å². The summed E-state index contributed by atoms with van der Waals surface area (Å²) in [4.78, 5) is 33.0. The molecule has 12 nitrogen and oxygen atoms in total. The molecule has 0 bridgehead atoms. The SMILES string of the molecule is COC(=O)c1ccccc1S(=O)(=O)NC(=O)Nc1nc(OC)nc(OC(F)(F)F)n1.[NaH]. The zero-order valence-electron chi connectivity index (χ0n) is 15.1. The van der Waals surface area contributed by atoms with Gasteiger partial charge in [0.25, 0.3) is 10.0 Å². The number of alkyl halides is 3. The fraction of sp³-hybridized carbons (Fsp3) is 0.214. The summed E-state index contributed by atoms with van der Waals surface area (Å²) in [6.45, 7) is 0. The molecule has 0 fully saturated rings. The Morgan fingerprint density at radius 1 is 1.03 bits per heavy atom. The Morgan fingerprint density at radius 2 is 1.65 bits per heavy atom. The minimum absolute atomic E-state index is 0. The number of carbonyl (C=O) groups excluding carboxylic acids is 2. The van der Waals surface area contributed by atoms with Crippen LogP contribution in [-0.2, 0) is 14.8 Å². The molecule has 0 spiro atoms. The van der Waals surface area contributed by atoms with Crippen molar-refractivity contribution in [3.63, 3.8) is 0 Å². The van der Waals surface area contributed by atoms with Crippen LogP contribution in [0.3, 0.4) is 0 Å². The van der Waals surface area contributed by atoms with Gasteiger partial charge in [0.15, 0.2) is 0 Å². The van der Waals surface area contributed by atoms with Crippen molar-refractivity contribution in [1.82, 2.24) is 19.7 Å². The van der Waals surface area contributed by atoms with Crippen molar-refractivity contribution in [3.8, 4) is 12.0 Å².